The highest BCUT2D eigenvalue weighted by atomic mass is 35.5. The molecule has 6 heteroatoms. The fourth-order valence-electron chi connectivity index (χ4n) is 2.10. The number of carbonyl (C=O) groups excluding carboxylic acids is 3. The zero-order valence-electron chi connectivity index (χ0n) is 13.4. The van der Waals surface area contributed by atoms with Gasteiger partial charge in [0, 0.05) is 22.0 Å². The highest BCUT2D eigenvalue weighted by Gasteiger charge is 2.11. The second-order valence-electron chi connectivity index (χ2n) is 5.37. The van der Waals surface area contributed by atoms with E-state index in [1.807, 2.05) is 6.92 Å². The lowest BCUT2D eigenvalue weighted by Gasteiger charge is -2.09. The Labute approximate surface area is 145 Å². The van der Waals surface area contributed by atoms with Crippen LogP contribution in [-0.2, 0) is 9.59 Å². The summed E-state index contributed by atoms with van der Waals surface area (Å²) < 4.78 is 0. The molecule has 24 heavy (non-hydrogen) atoms. The Kier molecular flexibility index (Phi) is 5.71. The summed E-state index contributed by atoms with van der Waals surface area (Å²) in [5.74, 6) is -0.904. The highest BCUT2D eigenvalue weighted by Crippen LogP contribution is 2.19. The van der Waals surface area contributed by atoms with E-state index >= 15 is 0 Å². The molecule has 0 unspecified atom stereocenters. The molecule has 0 radical (unpaired) electrons. The topological polar surface area (TPSA) is 75.3 Å². The predicted molar refractivity (Wildman–Crippen MR) is 94.5 cm³/mol. The minimum absolute atomic E-state index is 0.0504. The Balaban J connectivity index is 1.91. The van der Waals surface area contributed by atoms with Gasteiger partial charge in [-0.05, 0) is 61.9 Å². The number of hydrogen-bond acceptors (Lipinski definition) is 3. The highest BCUT2D eigenvalue weighted by molar-refractivity contribution is 6.30. The van der Waals surface area contributed by atoms with Crippen molar-refractivity contribution < 1.29 is 14.4 Å². The number of carbonyl (C=O) groups is 3. The van der Waals surface area contributed by atoms with Crippen LogP contribution in [-0.4, -0.2) is 17.6 Å². The lowest BCUT2D eigenvalue weighted by molar-refractivity contribution is -0.123. The zero-order chi connectivity index (χ0) is 17.7. The van der Waals surface area contributed by atoms with Crippen molar-refractivity contribution in [1.29, 1.82) is 0 Å². The van der Waals surface area contributed by atoms with Gasteiger partial charge >= 0.3 is 0 Å². The van der Waals surface area contributed by atoms with E-state index in [4.69, 9.17) is 11.6 Å². The van der Waals surface area contributed by atoms with Gasteiger partial charge in [-0.2, -0.15) is 0 Å². The summed E-state index contributed by atoms with van der Waals surface area (Å²) in [7, 11) is 0. The molecular weight excluding hydrogens is 328 g/mol. The van der Waals surface area contributed by atoms with Crippen molar-refractivity contribution in [3.8, 4) is 0 Å². The van der Waals surface area contributed by atoms with Crippen LogP contribution in [0.5, 0.6) is 0 Å². The van der Waals surface area contributed by atoms with Gasteiger partial charge in [-0.25, -0.2) is 0 Å². The number of halogens is 1. The fourth-order valence-corrected chi connectivity index (χ4v) is 2.33. The molecule has 0 atom stereocenters. The standard InChI is InChI=1S/C18H17ClN2O3/c1-11-9-14(19)5-8-16(11)21-18(24)10-17(23)20-15-6-3-13(4-7-15)12(2)22/h3-9H,10H2,1-2H3,(H,20,23)(H,21,24). The Bertz CT molecular complexity index is 785. The van der Waals surface area contributed by atoms with E-state index in [9.17, 15) is 14.4 Å². The molecule has 2 amide bonds. The lowest BCUT2D eigenvalue weighted by Crippen LogP contribution is -2.21. The average Bonchev–Trinajstić information content (AvgIpc) is 2.50. The molecule has 0 heterocycles. The van der Waals surface area contributed by atoms with Crippen molar-refractivity contribution in [2.75, 3.05) is 10.6 Å². The molecule has 2 aromatic rings. The molecule has 0 fully saturated rings. The third kappa shape index (κ3) is 4.93. The molecule has 5 nitrogen and oxygen atoms in total. The number of rotatable bonds is 5. The third-order valence-electron chi connectivity index (χ3n) is 3.36. The summed E-state index contributed by atoms with van der Waals surface area (Å²) in [4.78, 5) is 35.1. The zero-order valence-corrected chi connectivity index (χ0v) is 14.1. The molecule has 0 saturated carbocycles. The summed E-state index contributed by atoms with van der Waals surface area (Å²) in [6, 6.07) is 11.6. The predicted octanol–water partition coefficient (Wildman–Crippen LogP) is 3.82. The van der Waals surface area contributed by atoms with Gasteiger partial charge in [-0.1, -0.05) is 11.6 Å². The quantitative estimate of drug-likeness (QED) is 0.639. The molecule has 0 aromatic heterocycles. The summed E-state index contributed by atoms with van der Waals surface area (Å²) in [5.41, 5.74) is 2.52. The largest absolute Gasteiger partial charge is 0.326 e. The second-order valence-corrected chi connectivity index (χ2v) is 5.80. The second kappa shape index (κ2) is 7.75. The molecule has 0 aliphatic heterocycles. The molecule has 124 valence electrons. The molecule has 0 spiro atoms. The van der Waals surface area contributed by atoms with Crippen LogP contribution in [0.2, 0.25) is 5.02 Å². The number of benzene rings is 2. The van der Waals surface area contributed by atoms with E-state index in [-0.39, 0.29) is 12.2 Å². The molecule has 0 aliphatic rings. The van der Waals surface area contributed by atoms with Crippen molar-refractivity contribution in [3.05, 3.63) is 58.6 Å². The first-order valence-corrected chi connectivity index (χ1v) is 7.70. The van der Waals surface area contributed by atoms with E-state index in [1.165, 1.54) is 6.92 Å². The lowest BCUT2D eigenvalue weighted by atomic mass is 10.1. The minimum atomic E-state index is -0.435. The maximum atomic E-state index is 11.9. The van der Waals surface area contributed by atoms with E-state index in [2.05, 4.69) is 10.6 Å². The summed E-state index contributed by atoms with van der Waals surface area (Å²) in [6.45, 7) is 3.29. The summed E-state index contributed by atoms with van der Waals surface area (Å²) in [6.07, 6.45) is -0.309. The van der Waals surface area contributed by atoms with Crippen LogP contribution in [0.25, 0.3) is 0 Å². The molecule has 2 rings (SSSR count). The number of anilines is 2. The Morgan fingerprint density at radius 2 is 1.58 bits per heavy atom. The maximum absolute atomic E-state index is 11.9. The minimum Gasteiger partial charge on any atom is -0.326 e. The number of aryl methyl sites for hydroxylation is 1. The van der Waals surface area contributed by atoms with Gasteiger partial charge in [-0.15, -0.1) is 0 Å². The van der Waals surface area contributed by atoms with Crippen LogP contribution in [0.15, 0.2) is 42.5 Å². The first-order valence-electron chi connectivity index (χ1n) is 7.32. The Hall–Kier alpha value is -2.66. The average molecular weight is 345 g/mol. The van der Waals surface area contributed by atoms with Crippen molar-refractivity contribution in [1.82, 2.24) is 0 Å². The number of ketones is 1. The van der Waals surface area contributed by atoms with E-state index in [0.717, 1.165) is 5.56 Å². The van der Waals surface area contributed by atoms with Crippen LogP contribution in [0, 0.1) is 6.92 Å². The van der Waals surface area contributed by atoms with Gasteiger partial charge in [0.05, 0.1) is 0 Å². The third-order valence-corrected chi connectivity index (χ3v) is 3.59. The van der Waals surface area contributed by atoms with E-state index in [1.54, 1.807) is 42.5 Å². The summed E-state index contributed by atoms with van der Waals surface area (Å²) >= 11 is 5.86. The Morgan fingerprint density at radius 1 is 0.958 bits per heavy atom. The van der Waals surface area contributed by atoms with Gasteiger partial charge in [0.2, 0.25) is 11.8 Å². The van der Waals surface area contributed by atoms with Crippen LogP contribution in [0.4, 0.5) is 11.4 Å². The van der Waals surface area contributed by atoms with Gasteiger partial charge in [0.15, 0.2) is 5.78 Å². The van der Waals surface area contributed by atoms with Gasteiger partial charge in [-0.3, -0.25) is 14.4 Å². The Morgan fingerprint density at radius 3 is 2.17 bits per heavy atom. The first-order chi connectivity index (χ1) is 11.3. The molecule has 0 aliphatic carbocycles. The maximum Gasteiger partial charge on any atom is 0.233 e. The van der Waals surface area contributed by atoms with Gasteiger partial charge in [0.25, 0.3) is 0 Å². The van der Waals surface area contributed by atoms with Gasteiger partial charge in [0.1, 0.15) is 6.42 Å². The van der Waals surface area contributed by atoms with Gasteiger partial charge < -0.3 is 10.6 Å². The molecule has 2 aromatic carbocycles. The van der Waals surface area contributed by atoms with Crippen LogP contribution < -0.4 is 10.6 Å². The SMILES string of the molecule is CC(=O)c1ccc(NC(=O)CC(=O)Nc2ccc(Cl)cc2C)cc1. The molecule has 0 saturated heterocycles. The summed E-state index contributed by atoms with van der Waals surface area (Å²) in [5, 5.41) is 5.87. The number of hydrogen-bond donors (Lipinski definition) is 2. The van der Waals surface area contributed by atoms with Crippen LogP contribution >= 0.6 is 11.6 Å². The molecular formula is C18H17ClN2O3. The van der Waals surface area contributed by atoms with Crippen molar-refractivity contribution in [3.63, 3.8) is 0 Å². The normalized spacial score (nSPS) is 10.1. The van der Waals surface area contributed by atoms with Crippen molar-refractivity contribution >= 4 is 40.6 Å². The first kappa shape index (κ1) is 17.7. The van der Waals surface area contributed by atoms with E-state index < -0.39 is 11.8 Å². The molecule has 0 bridgehead atoms. The number of Topliss-reactive ketones (excluding diaryl/α,β-unsaturated/α-hetero) is 1. The number of amides is 2. The smallest absolute Gasteiger partial charge is 0.233 e. The van der Waals surface area contributed by atoms with Crippen molar-refractivity contribution in [2.45, 2.75) is 20.3 Å². The van der Waals surface area contributed by atoms with Crippen LogP contribution in [0.3, 0.4) is 0 Å². The van der Waals surface area contributed by atoms with Crippen molar-refractivity contribution in [2.24, 2.45) is 0 Å². The van der Waals surface area contributed by atoms with Crippen LogP contribution in [0.1, 0.15) is 29.3 Å². The number of nitrogens with one attached hydrogen (secondary N) is 2. The monoisotopic (exact) mass is 344 g/mol. The van der Waals surface area contributed by atoms with E-state index in [0.29, 0.717) is 22.0 Å². The fraction of sp³-hybridized carbons (Fsp3) is 0.167. The molecule has 2 N–H and O–H groups in total.